The van der Waals surface area contributed by atoms with E-state index in [0.29, 0.717) is 18.8 Å². The van der Waals surface area contributed by atoms with E-state index in [0.717, 1.165) is 0 Å². The molecular formula is C13H24N2O3. The molecule has 2 amide bonds. The van der Waals surface area contributed by atoms with Gasteiger partial charge in [-0.25, -0.2) is 0 Å². The average Bonchev–Trinajstić information content (AvgIpc) is 2.22. The van der Waals surface area contributed by atoms with Crippen molar-refractivity contribution in [1.82, 2.24) is 0 Å². The van der Waals surface area contributed by atoms with Gasteiger partial charge < -0.3 is 11.5 Å². The third-order valence-corrected chi connectivity index (χ3v) is 3.44. The molecule has 0 aliphatic rings. The summed E-state index contributed by atoms with van der Waals surface area (Å²) in [6.07, 6.45) is 1.06. The molecular weight excluding hydrogens is 232 g/mol. The number of ketones is 1. The molecule has 5 heteroatoms. The van der Waals surface area contributed by atoms with E-state index in [1.807, 2.05) is 13.8 Å². The monoisotopic (exact) mass is 256 g/mol. The van der Waals surface area contributed by atoms with E-state index in [-0.39, 0.29) is 12.2 Å². The van der Waals surface area contributed by atoms with E-state index >= 15 is 0 Å². The van der Waals surface area contributed by atoms with Crippen LogP contribution in [0.15, 0.2) is 0 Å². The summed E-state index contributed by atoms with van der Waals surface area (Å²) in [5.41, 5.74) is 9.31. The molecule has 18 heavy (non-hydrogen) atoms. The molecule has 0 aromatic heterocycles. The largest absolute Gasteiger partial charge is 0.369 e. The standard InChI is InChI=1S/C13H24N2O3/c1-8(2)5-6-13(11(14)17,12(15)18)7-9(3)10(4)16/h8-9H,5-7H2,1-4H3,(H2,14,17)(H2,15,18). The van der Waals surface area contributed by atoms with Crippen molar-refractivity contribution in [2.75, 3.05) is 0 Å². The first-order valence-electron chi connectivity index (χ1n) is 6.23. The minimum Gasteiger partial charge on any atom is -0.369 e. The molecule has 5 nitrogen and oxygen atoms in total. The number of carbonyl (C=O) groups excluding carboxylic acids is 3. The van der Waals surface area contributed by atoms with Crippen LogP contribution in [0.25, 0.3) is 0 Å². The van der Waals surface area contributed by atoms with Gasteiger partial charge in [0.05, 0.1) is 0 Å². The highest BCUT2D eigenvalue weighted by molar-refractivity contribution is 6.04. The van der Waals surface area contributed by atoms with Crippen molar-refractivity contribution in [3.05, 3.63) is 0 Å². The summed E-state index contributed by atoms with van der Waals surface area (Å²) < 4.78 is 0. The van der Waals surface area contributed by atoms with Crippen LogP contribution in [0.2, 0.25) is 0 Å². The highest BCUT2D eigenvalue weighted by Crippen LogP contribution is 2.33. The number of Topliss-reactive ketones (excluding diaryl/α,β-unsaturated/α-hetero) is 1. The molecule has 1 atom stereocenters. The van der Waals surface area contributed by atoms with Crippen LogP contribution < -0.4 is 11.5 Å². The van der Waals surface area contributed by atoms with E-state index < -0.39 is 23.1 Å². The van der Waals surface area contributed by atoms with Gasteiger partial charge in [0, 0.05) is 5.92 Å². The number of amides is 2. The van der Waals surface area contributed by atoms with Crippen LogP contribution in [0, 0.1) is 17.3 Å². The molecule has 0 radical (unpaired) electrons. The van der Waals surface area contributed by atoms with Gasteiger partial charge in [-0.05, 0) is 32.1 Å². The van der Waals surface area contributed by atoms with Gasteiger partial charge >= 0.3 is 0 Å². The van der Waals surface area contributed by atoms with Crippen LogP contribution in [0.5, 0.6) is 0 Å². The smallest absolute Gasteiger partial charge is 0.233 e. The van der Waals surface area contributed by atoms with Crippen molar-refractivity contribution in [3.63, 3.8) is 0 Å². The zero-order valence-corrected chi connectivity index (χ0v) is 11.7. The Morgan fingerprint density at radius 3 is 1.78 bits per heavy atom. The number of nitrogens with two attached hydrogens (primary N) is 2. The molecule has 0 aliphatic carbocycles. The lowest BCUT2D eigenvalue weighted by Gasteiger charge is -2.29. The molecule has 104 valence electrons. The second-order valence-corrected chi connectivity index (χ2v) is 5.46. The van der Waals surface area contributed by atoms with Gasteiger partial charge in [0.1, 0.15) is 11.2 Å². The molecule has 0 bridgehead atoms. The maximum absolute atomic E-state index is 11.6. The zero-order chi connectivity index (χ0) is 14.5. The minimum absolute atomic E-state index is 0.0774. The lowest BCUT2D eigenvalue weighted by molar-refractivity contribution is -0.142. The number of carbonyl (C=O) groups is 3. The fourth-order valence-electron chi connectivity index (χ4n) is 1.87. The van der Waals surface area contributed by atoms with E-state index in [4.69, 9.17) is 11.5 Å². The molecule has 0 heterocycles. The minimum atomic E-state index is -1.41. The van der Waals surface area contributed by atoms with Gasteiger partial charge in [-0.3, -0.25) is 14.4 Å². The molecule has 0 saturated heterocycles. The summed E-state index contributed by atoms with van der Waals surface area (Å²) in [7, 11) is 0. The average molecular weight is 256 g/mol. The maximum atomic E-state index is 11.6. The Hall–Kier alpha value is -1.39. The number of hydrogen-bond acceptors (Lipinski definition) is 3. The second kappa shape index (κ2) is 6.52. The first-order valence-corrected chi connectivity index (χ1v) is 6.23. The highest BCUT2D eigenvalue weighted by Gasteiger charge is 2.44. The summed E-state index contributed by atoms with van der Waals surface area (Å²) in [5, 5.41) is 0. The van der Waals surface area contributed by atoms with Gasteiger partial charge in [-0.15, -0.1) is 0 Å². The normalized spacial score (nSPS) is 13.4. The molecule has 0 spiro atoms. The van der Waals surface area contributed by atoms with Crippen molar-refractivity contribution in [2.24, 2.45) is 28.7 Å². The Labute approximate surface area is 108 Å². The summed E-state index contributed by atoms with van der Waals surface area (Å²) in [5.74, 6) is -1.62. The molecule has 0 fully saturated rings. The highest BCUT2D eigenvalue weighted by atomic mass is 16.2. The van der Waals surface area contributed by atoms with Crippen LogP contribution in [0.4, 0.5) is 0 Å². The summed E-state index contributed by atoms with van der Waals surface area (Å²) in [6, 6.07) is 0. The lowest BCUT2D eigenvalue weighted by atomic mass is 9.73. The van der Waals surface area contributed by atoms with Gasteiger partial charge in [-0.1, -0.05) is 20.8 Å². The summed E-state index contributed by atoms with van der Waals surface area (Å²) >= 11 is 0. The van der Waals surface area contributed by atoms with Crippen molar-refractivity contribution in [2.45, 2.75) is 47.0 Å². The fourth-order valence-corrected chi connectivity index (χ4v) is 1.87. The Balaban J connectivity index is 5.16. The lowest BCUT2D eigenvalue weighted by Crippen LogP contribution is -2.49. The predicted octanol–water partition coefficient (Wildman–Crippen LogP) is 0.995. The van der Waals surface area contributed by atoms with Crippen LogP contribution in [-0.2, 0) is 14.4 Å². The van der Waals surface area contributed by atoms with Gasteiger partial charge in [0.2, 0.25) is 11.8 Å². The van der Waals surface area contributed by atoms with E-state index in [2.05, 4.69) is 0 Å². The second-order valence-electron chi connectivity index (χ2n) is 5.46. The van der Waals surface area contributed by atoms with Crippen LogP contribution >= 0.6 is 0 Å². The van der Waals surface area contributed by atoms with Gasteiger partial charge in [-0.2, -0.15) is 0 Å². The first kappa shape index (κ1) is 16.6. The third-order valence-electron chi connectivity index (χ3n) is 3.44. The molecule has 0 aromatic rings. The van der Waals surface area contributed by atoms with Crippen LogP contribution in [0.1, 0.15) is 47.0 Å². The zero-order valence-electron chi connectivity index (χ0n) is 11.7. The predicted molar refractivity (Wildman–Crippen MR) is 69.4 cm³/mol. The van der Waals surface area contributed by atoms with E-state index in [1.165, 1.54) is 6.92 Å². The first-order chi connectivity index (χ1) is 8.13. The third kappa shape index (κ3) is 4.13. The topological polar surface area (TPSA) is 103 Å². The van der Waals surface area contributed by atoms with E-state index in [9.17, 15) is 14.4 Å². The fraction of sp³-hybridized carbons (Fsp3) is 0.769. The molecule has 0 aromatic carbocycles. The Kier molecular flexibility index (Phi) is 6.01. The van der Waals surface area contributed by atoms with Crippen molar-refractivity contribution in [3.8, 4) is 0 Å². The van der Waals surface area contributed by atoms with Gasteiger partial charge in [0.15, 0.2) is 0 Å². The molecule has 4 N–H and O–H groups in total. The van der Waals surface area contributed by atoms with Crippen molar-refractivity contribution in [1.29, 1.82) is 0 Å². The van der Waals surface area contributed by atoms with Crippen molar-refractivity contribution >= 4 is 17.6 Å². The SMILES string of the molecule is CC(=O)C(C)CC(CCC(C)C)(C(N)=O)C(N)=O. The summed E-state index contributed by atoms with van der Waals surface area (Å²) in [4.78, 5) is 34.6. The number of rotatable bonds is 8. The Morgan fingerprint density at radius 1 is 1.06 bits per heavy atom. The Bertz CT molecular complexity index is 323. The summed E-state index contributed by atoms with van der Waals surface area (Å²) in [6.45, 7) is 7.08. The van der Waals surface area contributed by atoms with Crippen LogP contribution in [-0.4, -0.2) is 17.6 Å². The van der Waals surface area contributed by atoms with Gasteiger partial charge in [0.25, 0.3) is 0 Å². The molecule has 0 rings (SSSR count). The van der Waals surface area contributed by atoms with Crippen molar-refractivity contribution < 1.29 is 14.4 Å². The van der Waals surface area contributed by atoms with Crippen LogP contribution in [0.3, 0.4) is 0 Å². The molecule has 1 unspecified atom stereocenters. The van der Waals surface area contributed by atoms with E-state index in [1.54, 1.807) is 6.92 Å². The maximum Gasteiger partial charge on any atom is 0.233 e. The number of hydrogen-bond donors (Lipinski definition) is 2. The number of primary amides is 2. The molecule has 0 aliphatic heterocycles. The molecule has 0 saturated carbocycles. The Morgan fingerprint density at radius 2 is 1.50 bits per heavy atom. The quantitative estimate of drug-likeness (QED) is 0.633.